The third-order valence-corrected chi connectivity index (χ3v) is 3.64. The Morgan fingerprint density at radius 2 is 1.96 bits per heavy atom. The van der Waals surface area contributed by atoms with E-state index < -0.39 is 5.97 Å². The first-order chi connectivity index (χ1) is 10.9. The van der Waals surface area contributed by atoms with Crippen molar-refractivity contribution in [1.29, 1.82) is 0 Å². The normalized spacial score (nSPS) is 13.2. The van der Waals surface area contributed by atoms with Gasteiger partial charge in [0.15, 0.2) is 0 Å². The second kappa shape index (κ2) is 9.84. The number of rotatable bonds is 9. The zero-order valence-electron chi connectivity index (χ0n) is 14.0. The molecule has 1 rings (SSSR count). The van der Waals surface area contributed by atoms with E-state index in [1.165, 1.54) is 0 Å². The highest BCUT2D eigenvalue weighted by Crippen LogP contribution is 2.08. The van der Waals surface area contributed by atoms with Crippen LogP contribution in [0.4, 0.5) is 4.79 Å². The van der Waals surface area contributed by atoms with Crippen molar-refractivity contribution < 1.29 is 19.4 Å². The van der Waals surface area contributed by atoms with Crippen LogP contribution in [-0.4, -0.2) is 54.9 Å². The van der Waals surface area contributed by atoms with Crippen LogP contribution in [0.2, 0.25) is 0 Å². The van der Waals surface area contributed by atoms with Gasteiger partial charge in [-0.2, -0.15) is 0 Å². The number of aliphatic carboxylic acids is 1. The summed E-state index contributed by atoms with van der Waals surface area (Å²) in [5.41, 5.74) is 1.07. The Kier molecular flexibility index (Phi) is 8.11. The van der Waals surface area contributed by atoms with Crippen LogP contribution >= 0.6 is 0 Å². The molecule has 23 heavy (non-hydrogen) atoms. The number of likely N-dealkylation sites (N-methyl/N-ethyl adjacent to an activating group) is 1. The fraction of sp³-hybridized carbons (Fsp3) is 0.529. The number of nitrogens with zero attached hydrogens (tertiary/aromatic N) is 1. The molecule has 0 heterocycles. The summed E-state index contributed by atoms with van der Waals surface area (Å²) in [6, 6.07) is 9.28. The standard InChI is InChI=1S/C17H26N2O4/c1-13(23-3)12-19(2)17(22)18-15(9-10-16(20)21)11-14-7-5-4-6-8-14/h4-8,13,15H,9-12H2,1-3H3,(H,18,22)(H,20,21). The van der Waals surface area contributed by atoms with Crippen molar-refractivity contribution in [3.63, 3.8) is 0 Å². The predicted octanol–water partition coefficient (Wildman–Crippen LogP) is 2.14. The van der Waals surface area contributed by atoms with Crippen molar-refractivity contribution >= 4 is 12.0 Å². The highest BCUT2D eigenvalue weighted by atomic mass is 16.5. The van der Waals surface area contributed by atoms with Crippen LogP contribution in [0.3, 0.4) is 0 Å². The van der Waals surface area contributed by atoms with Crippen molar-refractivity contribution in [2.45, 2.75) is 38.3 Å². The lowest BCUT2D eigenvalue weighted by atomic mass is 10.0. The number of methoxy groups -OCH3 is 1. The van der Waals surface area contributed by atoms with E-state index in [9.17, 15) is 9.59 Å². The number of amides is 2. The van der Waals surface area contributed by atoms with Gasteiger partial charge in [-0.15, -0.1) is 0 Å². The summed E-state index contributed by atoms with van der Waals surface area (Å²) in [5, 5.41) is 11.8. The van der Waals surface area contributed by atoms with Crippen LogP contribution < -0.4 is 5.32 Å². The van der Waals surface area contributed by atoms with Gasteiger partial charge < -0.3 is 20.1 Å². The number of hydrogen-bond acceptors (Lipinski definition) is 3. The maximum Gasteiger partial charge on any atom is 0.317 e. The van der Waals surface area contributed by atoms with Crippen molar-refractivity contribution in [2.75, 3.05) is 20.7 Å². The molecule has 1 aromatic rings. The minimum Gasteiger partial charge on any atom is -0.481 e. The number of benzene rings is 1. The average molecular weight is 322 g/mol. The topological polar surface area (TPSA) is 78.9 Å². The van der Waals surface area contributed by atoms with Crippen molar-refractivity contribution in [2.24, 2.45) is 0 Å². The highest BCUT2D eigenvalue weighted by Gasteiger charge is 2.18. The quantitative estimate of drug-likeness (QED) is 0.730. The monoisotopic (exact) mass is 322 g/mol. The van der Waals surface area contributed by atoms with Crippen molar-refractivity contribution in [1.82, 2.24) is 10.2 Å². The number of carbonyl (C=O) groups excluding carboxylic acids is 1. The summed E-state index contributed by atoms with van der Waals surface area (Å²) in [6.45, 7) is 2.36. The summed E-state index contributed by atoms with van der Waals surface area (Å²) in [4.78, 5) is 24.6. The molecule has 0 aliphatic carbocycles. The van der Waals surface area contributed by atoms with Crippen LogP contribution in [0, 0.1) is 0 Å². The summed E-state index contributed by atoms with van der Waals surface area (Å²) in [7, 11) is 3.29. The first-order valence-electron chi connectivity index (χ1n) is 7.72. The molecule has 128 valence electrons. The van der Waals surface area contributed by atoms with Crippen LogP contribution in [0.25, 0.3) is 0 Å². The van der Waals surface area contributed by atoms with Gasteiger partial charge in [-0.25, -0.2) is 4.79 Å². The summed E-state index contributed by atoms with van der Waals surface area (Å²) >= 11 is 0. The Morgan fingerprint density at radius 3 is 2.52 bits per heavy atom. The van der Waals surface area contributed by atoms with E-state index in [-0.39, 0.29) is 24.6 Å². The molecule has 2 atom stereocenters. The third kappa shape index (κ3) is 7.65. The van der Waals surface area contributed by atoms with E-state index >= 15 is 0 Å². The van der Waals surface area contributed by atoms with Crippen LogP contribution in [0.1, 0.15) is 25.3 Å². The smallest absolute Gasteiger partial charge is 0.317 e. The molecule has 2 N–H and O–H groups in total. The summed E-state index contributed by atoms with van der Waals surface area (Å²) in [5.74, 6) is -0.862. The lowest BCUT2D eigenvalue weighted by Crippen LogP contribution is -2.46. The Morgan fingerprint density at radius 1 is 1.30 bits per heavy atom. The number of carboxylic acid groups (broad SMARTS) is 1. The molecular weight excluding hydrogens is 296 g/mol. The molecular formula is C17H26N2O4. The number of carboxylic acids is 1. The number of ether oxygens (including phenoxy) is 1. The minimum absolute atomic E-state index is 0.0238. The average Bonchev–Trinajstić information content (AvgIpc) is 2.53. The number of hydrogen-bond donors (Lipinski definition) is 2. The zero-order chi connectivity index (χ0) is 17.2. The van der Waals surface area contributed by atoms with E-state index in [0.29, 0.717) is 19.4 Å². The van der Waals surface area contributed by atoms with Crippen molar-refractivity contribution in [3.05, 3.63) is 35.9 Å². The molecule has 0 aromatic heterocycles. The van der Waals surface area contributed by atoms with Gasteiger partial charge in [-0.1, -0.05) is 30.3 Å². The van der Waals surface area contributed by atoms with Crippen LogP contribution in [0.5, 0.6) is 0 Å². The number of nitrogens with one attached hydrogen (secondary N) is 1. The Balaban J connectivity index is 2.64. The molecule has 0 bridgehead atoms. The van der Waals surface area contributed by atoms with Gasteiger partial charge in [-0.3, -0.25) is 4.79 Å². The zero-order valence-corrected chi connectivity index (χ0v) is 14.0. The second-order valence-electron chi connectivity index (χ2n) is 5.70. The van der Waals surface area contributed by atoms with Crippen LogP contribution in [0.15, 0.2) is 30.3 Å². The van der Waals surface area contributed by atoms with E-state index in [4.69, 9.17) is 9.84 Å². The maximum absolute atomic E-state index is 12.3. The SMILES string of the molecule is COC(C)CN(C)C(=O)NC(CCC(=O)O)Cc1ccccc1. The number of carbonyl (C=O) groups is 2. The van der Waals surface area contributed by atoms with E-state index in [2.05, 4.69) is 5.32 Å². The third-order valence-electron chi connectivity index (χ3n) is 3.64. The van der Waals surface area contributed by atoms with Gasteiger partial charge in [-0.05, 0) is 25.3 Å². The molecule has 0 aliphatic heterocycles. The highest BCUT2D eigenvalue weighted by molar-refractivity contribution is 5.74. The maximum atomic E-state index is 12.3. The van der Waals surface area contributed by atoms with E-state index in [0.717, 1.165) is 5.56 Å². The Bertz CT molecular complexity index is 493. The lowest BCUT2D eigenvalue weighted by molar-refractivity contribution is -0.137. The van der Waals surface area contributed by atoms with Gasteiger partial charge in [0.25, 0.3) is 0 Å². The predicted molar refractivity (Wildman–Crippen MR) is 88.4 cm³/mol. The minimum atomic E-state index is -0.862. The van der Waals surface area contributed by atoms with Gasteiger partial charge in [0, 0.05) is 33.2 Å². The van der Waals surface area contributed by atoms with Gasteiger partial charge in [0.05, 0.1) is 6.10 Å². The molecule has 0 fully saturated rings. The first kappa shape index (κ1) is 19.0. The molecule has 0 spiro atoms. The largest absolute Gasteiger partial charge is 0.481 e. The molecule has 2 amide bonds. The van der Waals surface area contributed by atoms with E-state index in [1.54, 1.807) is 19.1 Å². The molecule has 0 radical (unpaired) electrons. The fourth-order valence-corrected chi connectivity index (χ4v) is 2.25. The van der Waals surface area contributed by atoms with Crippen molar-refractivity contribution in [3.8, 4) is 0 Å². The number of urea groups is 1. The summed E-state index contributed by atoms with van der Waals surface area (Å²) < 4.78 is 5.15. The molecule has 1 aromatic carbocycles. The van der Waals surface area contributed by atoms with Crippen LogP contribution in [-0.2, 0) is 16.0 Å². The molecule has 6 nitrogen and oxygen atoms in total. The Labute approximate surface area is 137 Å². The summed E-state index contributed by atoms with van der Waals surface area (Å²) in [6.07, 6.45) is 0.963. The van der Waals surface area contributed by atoms with E-state index in [1.807, 2.05) is 37.3 Å². The second-order valence-corrected chi connectivity index (χ2v) is 5.70. The molecule has 0 aliphatic rings. The van der Waals surface area contributed by atoms with Gasteiger partial charge in [0.1, 0.15) is 0 Å². The molecule has 0 saturated carbocycles. The molecule has 6 heteroatoms. The molecule has 0 saturated heterocycles. The Hall–Kier alpha value is -2.08. The van der Waals surface area contributed by atoms with Gasteiger partial charge in [0.2, 0.25) is 0 Å². The first-order valence-corrected chi connectivity index (χ1v) is 7.72. The fourth-order valence-electron chi connectivity index (χ4n) is 2.25. The van der Waals surface area contributed by atoms with Gasteiger partial charge >= 0.3 is 12.0 Å². The molecule has 2 unspecified atom stereocenters. The lowest BCUT2D eigenvalue weighted by Gasteiger charge is -2.25.